The van der Waals surface area contributed by atoms with E-state index in [0.29, 0.717) is 19.6 Å². The summed E-state index contributed by atoms with van der Waals surface area (Å²) in [5.74, 6) is 0.929. The van der Waals surface area contributed by atoms with Crippen molar-refractivity contribution in [2.24, 2.45) is 0 Å². The number of carbonyl (C=O) groups excluding carboxylic acids is 1. The first-order valence-electron chi connectivity index (χ1n) is 8.60. The molecule has 0 aliphatic carbocycles. The van der Waals surface area contributed by atoms with Gasteiger partial charge < -0.3 is 14.6 Å². The van der Waals surface area contributed by atoms with Gasteiger partial charge in [0.1, 0.15) is 5.76 Å². The minimum Gasteiger partial charge on any atom is -0.468 e. The van der Waals surface area contributed by atoms with E-state index in [1.165, 1.54) is 17.7 Å². The maximum atomic E-state index is 12.6. The molecule has 5 nitrogen and oxygen atoms in total. The molecule has 0 aromatic carbocycles. The number of furan rings is 1. The number of urea groups is 1. The molecule has 1 atom stereocenters. The Labute approximate surface area is 147 Å². The lowest BCUT2D eigenvalue weighted by molar-refractivity contribution is 0.181. The van der Waals surface area contributed by atoms with Gasteiger partial charge >= 0.3 is 6.03 Å². The summed E-state index contributed by atoms with van der Waals surface area (Å²) >= 11 is 1.68. The fraction of sp³-hybridized carbons (Fsp3) is 0.500. The largest absolute Gasteiger partial charge is 0.468 e. The molecule has 3 rings (SSSR count). The van der Waals surface area contributed by atoms with Crippen molar-refractivity contribution in [3.63, 3.8) is 0 Å². The Bertz CT molecular complexity index is 606. The zero-order valence-electron chi connectivity index (χ0n) is 14.1. The lowest BCUT2D eigenvalue weighted by Crippen LogP contribution is -2.43. The molecule has 130 valence electrons. The van der Waals surface area contributed by atoms with E-state index in [9.17, 15) is 4.79 Å². The van der Waals surface area contributed by atoms with Crippen molar-refractivity contribution >= 4 is 17.4 Å². The van der Waals surface area contributed by atoms with Crippen LogP contribution < -0.4 is 5.32 Å². The third-order valence-electron chi connectivity index (χ3n) is 4.50. The number of nitrogens with zero attached hydrogens (tertiary/aromatic N) is 2. The van der Waals surface area contributed by atoms with Crippen LogP contribution in [-0.2, 0) is 6.54 Å². The lowest BCUT2D eigenvalue weighted by atomic mass is 10.2. The molecule has 2 aromatic heterocycles. The number of nitrogens with one attached hydrogen (secondary N) is 1. The molecule has 2 amide bonds. The van der Waals surface area contributed by atoms with E-state index in [-0.39, 0.29) is 12.1 Å². The molecule has 1 saturated heterocycles. The fourth-order valence-electron chi connectivity index (χ4n) is 3.16. The van der Waals surface area contributed by atoms with E-state index in [1.54, 1.807) is 17.6 Å². The van der Waals surface area contributed by atoms with Crippen LogP contribution in [0.1, 0.15) is 36.4 Å². The van der Waals surface area contributed by atoms with Crippen molar-refractivity contribution in [3.8, 4) is 0 Å². The van der Waals surface area contributed by atoms with Crippen molar-refractivity contribution in [2.45, 2.75) is 32.4 Å². The van der Waals surface area contributed by atoms with Gasteiger partial charge in [-0.15, -0.1) is 11.3 Å². The average molecular weight is 347 g/mol. The SMILES string of the molecule is CCN(Cc1cccs1)C(=O)NCC(c1ccco1)N1CCCC1. The quantitative estimate of drug-likeness (QED) is 0.831. The van der Waals surface area contributed by atoms with Crippen molar-refractivity contribution in [1.82, 2.24) is 15.1 Å². The van der Waals surface area contributed by atoms with Gasteiger partial charge in [-0.05, 0) is 56.4 Å². The van der Waals surface area contributed by atoms with Crippen LogP contribution in [0.4, 0.5) is 4.79 Å². The maximum absolute atomic E-state index is 12.6. The Hall–Kier alpha value is -1.79. The van der Waals surface area contributed by atoms with Gasteiger partial charge in [0.05, 0.1) is 18.8 Å². The number of hydrogen-bond acceptors (Lipinski definition) is 4. The molecule has 0 radical (unpaired) electrons. The average Bonchev–Trinajstić information content (AvgIpc) is 3.34. The first-order valence-corrected chi connectivity index (χ1v) is 9.48. The molecule has 1 N–H and O–H groups in total. The number of thiophene rings is 1. The maximum Gasteiger partial charge on any atom is 0.317 e. The van der Waals surface area contributed by atoms with Crippen LogP contribution >= 0.6 is 11.3 Å². The summed E-state index contributed by atoms with van der Waals surface area (Å²) in [5, 5.41) is 5.14. The smallest absolute Gasteiger partial charge is 0.317 e. The summed E-state index contributed by atoms with van der Waals surface area (Å²) in [6.45, 7) is 6.07. The Morgan fingerprint density at radius 3 is 2.83 bits per heavy atom. The standard InChI is InChI=1S/C18H25N3O2S/c1-2-20(14-15-7-6-12-24-15)18(22)19-13-16(17-8-5-11-23-17)21-9-3-4-10-21/h5-8,11-12,16H,2-4,9-10,13-14H2,1H3,(H,19,22). The molecule has 3 heterocycles. The third-order valence-corrected chi connectivity index (χ3v) is 5.36. The van der Waals surface area contributed by atoms with Crippen LogP contribution in [0.15, 0.2) is 40.3 Å². The van der Waals surface area contributed by atoms with Gasteiger partial charge in [0, 0.05) is 18.0 Å². The van der Waals surface area contributed by atoms with E-state index < -0.39 is 0 Å². The van der Waals surface area contributed by atoms with Crippen LogP contribution in [0, 0.1) is 0 Å². The summed E-state index contributed by atoms with van der Waals surface area (Å²) in [5.41, 5.74) is 0. The monoisotopic (exact) mass is 347 g/mol. The molecule has 1 unspecified atom stereocenters. The highest BCUT2D eigenvalue weighted by atomic mass is 32.1. The van der Waals surface area contributed by atoms with E-state index >= 15 is 0 Å². The van der Waals surface area contributed by atoms with Crippen LogP contribution in [0.2, 0.25) is 0 Å². The van der Waals surface area contributed by atoms with Gasteiger partial charge in [-0.3, -0.25) is 4.90 Å². The number of carbonyl (C=O) groups is 1. The molecular weight excluding hydrogens is 322 g/mol. The van der Waals surface area contributed by atoms with E-state index in [1.807, 2.05) is 35.4 Å². The summed E-state index contributed by atoms with van der Waals surface area (Å²) in [6.07, 6.45) is 4.13. The highest BCUT2D eigenvalue weighted by Gasteiger charge is 2.26. The normalized spacial score (nSPS) is 16.2. The Morgan fingerprint density at radius 2 is 2.21 bits per heavy atom. The molecule has 1 aliphatic rings. The van der Waals surface area contributed by atoms with E-state index in [2.05, 4.69) is 16.3 Å². The predicted octanol–water partition coefficient (Wildman–Crippen LogP) is 3.71. The molecule has 0 bridgehead atoms. The summed E-state index contributed by atoms with van der Waals surface area (Å²) < 4.78 is 5.61. The zero-order chi connectivity index (χ0) is 16.8. The molecule has 0 saturated carbocycles. The molecule has 2 aromatic rings. The van der Waals surface area contributed by atoms with Crippen LogP contribution in [0.3, 0.4) is 0 Å². The third kappa shape index (κ3) is 4.19. The number of hydrogen-bond donors (Lipinski definition) is 1. The van der Waals surface area contributed by atoms with E-state index in [0.717, 1.165) is 18.8 Å². The van der Waals surface area contributed by atoms with Gasteiger partial charge in [-0.1, -0.05) is 6.07 Å². The number of amides is 2. The summed E-state index contributed by atoms with van der Waals surface area (Å²) in [4.78, 5) is 18.0. The Balaban J connectivity index is 1.59. The molecule has 6 heteroatoms. The van der Waals surface area contributed by atoms with Crippen molar-refractivity contribution in [3.05, 3.63) is 46.5 Å². The first-order chi connectivity index (χ1) is 11.8. The molecule has 24 heavy (non-hydrogen) atoms. The highest BCUT2D eigenvalue weighted by Crippen LogP contribution is 2.25. The molecule has 1 aliphatic heterocycles. The van der Waals surface area contributed by atoms with Gasteiger partial charge in [0.2, 0.25) is 0 Å². The summed E-state index contributed by atoms with van der Waals surface area (Å²) in [6, 6.07) is 8.10. The first kappa shape index (κ1) is 17.0. The molecule has 0 spiro atoms. The minimum absolute atomic E-state index is 0.0124. The van der Waals surface area contributed by atoms with Crippen molar-refractivity contribution in [1.29, 1.82) is 0 Å². The minimum atomic E-state index is -0.0124. The molecule has 1 fully saturated rings. The van der Waals surface area contributed by atoms with Crippen LogP contribution in [0.25, 0.3) is 0 Å². The van der Waals surface area contributed by atoms with Crippen LogP contribution in [-0.4, -0.2) is 42.0 Å². The summed E-state index contributed by atoms with van der Waals surface area (Å²) in [7, 11) is 0. The second kappa shape index (κ2) is 8.35. The second-order valence-electron chi connectivity index (χ2n) is 6.05. The Morgan fingerprint density at radius 1 is 1.38 bits per heavy atom. The molecular formula is C18H25N3O2S. The number of likely N-dealkylation sites (tertiary alicyclic amines) is 1. The van der Waals surface area contributed by atoms with Crippen LogP contribution in [0.5, 0.6) is 0 Å². The van der Waals surface area contributed by atoms with Crippen molar-refractivity contribution < 1.29 is 9.21 Å². The van der Waals surface area contributed by atoms with Crippen molar-refractivity contribution in [2.75, 3.05) is 26.2 Å². The highest BCUT2D eigenvalue weighted by molar-refractivity contribution is 7.09. The van der Waals surface area contributed by atoms with Gasteiger partial charge in [0.15, 0.2) is 0 Å². The van der Waals surface area contributed by atoms with Gasteiger partial charge in [-0.25, -0.2) is 4.79 Å². The lowest BCUT2D eigenvalue weighted by Gasteiger charge is -2.28. The van der Waals surface area contributed by atoms with E-state index in [4.69, 9.17) is 4.42 Å². The fourth-order valence-corrected chi connectivity index (χ4v) is 3.88. The van der Waals surface area contributed by atoms with Gasteiger partial charge in [0.25, 0.3) is 0 Å². The topological polar surface area (TPSA) is 48.7 Å². The van der Waals surface area contributed by atoms with Gasteiger partial charge in [-0.2, -0.15) is 0 Å². The predicted molar refractivity (Wildman–Crippen MR) is 96.1 cm³/mol. The number of rotatable bonds is 7. The zero-order valence-corrected chi connectivity index (χ0v) is 14.9. The second-order valence-corrected chi connectivity index (χ2v) is 7.09. The Kier molecular flexibility index (Phi) is 5.93.